The van der Waals surface area contributed by atoms with Crippen LogP contribution < -0.4 is 4.90 Å². The molecule has 2 aromatic rings. The van der Waals surface area contributed by atoms with Gasteiger partial charge in [-0.25, -0.2) is 8.78 Å². The third kappa shape index (κ3) is 2.77. The van der Waals surface area contributed by atoms with Gasteiger partial charge in [-0.2, -0.15) is 0 Å². The van der Waals surface area contributed by atoms with E-state index in [-0.39, 0.29) is 11.6 Å². The van der Waals surface area contributed by atoms with Crippen molar-refractivity contribution in [1.29, 1.82) is 0 Å². The predicted octanol–water partition coefficient (Wildman–Crippen LogP) is 3.31. The zero-order valence-corrected chi connectivity index (χ0v) is 9.90. The molecule has 0 spiro atoms. The molecule has 2 rings (SSSR count). The fraction of sp³-hybridized carbons (Fsp3) is 0.143. The van der Waals surface area contributed by atoms with E-state index in [0.29, 0.717) is 17.8 Å². The molecule has 0 radical (unpaired) electrons. The highest BCUT2D eigenvalue weighted by atomic mass is 19.1. The minimum absolute atomic E-state index is 0.309. The number of hydrogen-bond donors (Lipinski definition) is 1. The smallest absolute Gasteiger partial charge is 0.165 e. The lowest BCUT2D eigenvalue weighted by molar-refractivity contribution is 0.432. The number of halogens is 2. The second-order valence-electron chi connectivity index (χ2n) is 4.12. The summed E-state index contributed by atoms with van der Waals surface area (Å²) in [5.41, 5.74) is 1.42. The lowest BCUT2D eigenvalue weighted by Crippen LogP contribution is -2.16. The van der Waals surface area contributed by atoms with E-state index < -0.39 is 5.82 Å². The van der Waals surface area contributed by atoms with Gasteiger partial charge in [0.25, 0.3) is 0 Å². The average molecular weight is 249 g/mol. The molecule has 2 nitrogen and oxygen atoms in total. The molecule has 4 heteroatoms. The lowest BCUT2D eigenvalue weighted by atomic mass is 10.2. The zero-order valence-electron chi connectivity index (χ0n) is 9.90. The minimum atomic E-state index is -0.653. The molecule has 0 fully saturated rings. The average Bonchev–Trinajstić information content (AvgIpc) is 2.34. The van der Waals surface area contributed by atoms with Gasteiger partial charge in [-0.3, -0.25) is 0 Å². The molecule has 0 aromatic heterocycles. The Labute approximate surface area is 104 Å². The summed E-state index contributed by atoms with van der Waals surface area (Å²) in [5.74, 6) is -1.33. The number of rotatable bonds is 3. The number of benzene rings is 2. The summed E-state index contributed by atoms with van der Waals surface area (Å²) in [7, 11) is 1.79. The number of anilines is 1. The summed E-state index contributed by atoms with van der Waals surface area (Å²) in [6.45, 7) is 0.431. The molecule has 0 aliphatic carbocycles. The molecule has 0 saturated carbocycles. The van der Waals surface area contributed by atoms with Gasteiger partial charge in [-0.05, 0) is 35.9 Å². The van der Waals surface area contributed by atoms with Crippen LogP contribution in [-0.4, -0.2) is 12.2 Å². The van der Waals surface area contributed by atoms with Crippen LogP contribution in [-0.2, 0) is 6.54 Å². The number of hydrogen-bond acceptors (Lipinski definition) is 2. The normalized spacial score (nSPS) is 10.4. The van der Waals surface area contributed by atoms with E-state index in [9.17, 15) is 8.78 Å². The largest absolute Gasteiger partial charge is 0.505 e. The Kier molecular flexibility index (Phi) is 3.46. The van der Waals surface area contributed by atoms with Crippen LogP contribution in [0, 0.1) is 11.6 Å². The van der Waals surface area contributed by atoms with E-state index in [1.807, 2.05) is 0 Å². The fourth-order valence-electron chi connectivity index (χ4n) is 1.73. The summed E-state index contributed by atoms with van der Waals surface area (Å²) in [6, 6.07) is 10.4. The Morgan fingerprint density at radius 2 is 1.89 bits per heavy atom. The maximum atomic E-state index is 13.2. The number of aromatic hydroxyl groups is 1. The van der Waals surface area contributed by atoms with Crippen molar-refractivity contribution < 1.29 is 13.9 Å². The van der Waals surface area contributed by atoms with E-state index >= 15 is 0 Å². The lowest BCUT2D eigenvalue weighted by Gasteiger charge is -2.19. The molecule has 0 amide bonds. The van der Waals surface area contributed by atoms with Crippen LogP contribution in [0.15, 0.2) is 42.5 Å². The summed E-state index contributed by atoms with van der Waals surface area (Å²) in [5, 5.41) is 9.09. The molecule has 94 valence electrons. The quantitative estimate of drug-likeness (QED) is 0.902. The Hall–Kier alpha value is -2.10. The van der Waals surface area contributed by atoms with Crippen LogP contribution in [0.4, 0.5) is 14.5 Å². The molecular weight excluding hydrogens is 236 g/mol. The molecule has 0 heterocycles. The van der Waals surface area contributed by atoms with E-state index in [4.69, 9.17) is 5.11 Å². The first-order chi connectivity index (χ1) is 8.56. The van der Waals surface area contributed by atoms with Crippen LogP contribution in [0.1, 0.15) is 5.56 Å². The Balaban J connectivity index is 2.16. The third-order valence-electron chi connectivity index (χ3n) is 2.68. The highest BCUT2D eigenvalue weighted by Gasteiger charge is 2.06. The van der Waals surface area contributed by atoms with E-state index in [1.165, 1.54) is 24.3 Å². The fourth-order valence-corrected chi connectivity index (χ4v) is 1.73. The van der Waals surface area contributed by atoms with Gasteiger partial charge in [0.2, 0.25) is 0 Å². The van der Waals surface area contributed by atoms with Gasteiger partial charge in [0.15, 0.2) is 11.6 Å². The molecule has 18 heavy (non-hydrogen) atoms. The van der Waals surface area contributed by atoms with Crippen molar-refractivity contribution in [2.75, 3.05) is 11.9 Å². The van der Waals surface area contributed by atoms with Crippen molar-refractivity contribution in [2.24, 2.45) is 0 Å². The van der Waals surface area contributed by atoms with Crippen molar-refractivity contribution in [2.45, 2.75) is 6.54 Å². The van der Waals surface area contributed by atoms with Gasteiger partial charge in [0.1, 0.15) is 5.82 Å². The summed E-state index contributed by atoms with van der Waals surface area (Å²) >= 11 is 0. The van der Waals surface area contributed by atoms with Gasteiger partial charge in [-0.15, -0.1) is 0 Å². The molecule has 2 aromatic carbocycles. The molecule has 0 saturated heterocycles. The number of phenols is 1. The predicted molar refractivity (Wildman–Crippen MR) is 66.6 cm³/mol. The van der Waals surface area contributed by atoms with Gasteiger partial charge < -0.3 is 10.0 Å². The standard InChI is InChI=1S/C14H13F2NO/c1-17(12-4-2-3-11(15)8-12)9-10-5-6-14(18)13(16)7-10/h2-8,18H,9H2,1H3. The van der Waals surface area contributed by atoms with Crippen LogP contribution >= 0.6 is 0 Å². The molecule has 0 unspecified atom stereocenters. The highest BCUT2D eigenvalue weighted by molar-refractivity contribution is 5.46. The molecule has 0 atom stereocenters. The van der Waals surface area contributed by atoms with Crippen LogP contribution in [0.2, 0.25) is 0 Å². The topological polar surface area (TPSA) is 23.5 Å². The molecule has 1 N–H and O–H groups in total. The molecular formula is C14H13F2NO. The SMILES string of the molecule is CN(Cc1ccc(O)c(F)c1)c1cccc(F)c1. The second-order valence-corrected chi connectivity index (χ2v) is 4.12. The second kappa shape index (κ2) is 5.04. The first-order valence-corrected chi connectivity index (χ1v) is 5.50. The van der Waals surface area contributed by atoms with Crippen LogP contribution in [0.3, 0.4) is 0 Å². The molecule has 0 aliphatic rings. The Morgan fingerprint density at radius 1 is 1.11 bits per heavy atom. The van der Waals surface area contributed by atoms with Crippen LogP contribution in [0.25, 0.3) is 0 Å². The third-order valence-corrected chi connectivity index (χ3v) is 2.68. The van der Waals surface area contributed by atoms with Crippen molar-refractivity contribution in [3.63, 3.8) is 0 Å². The summed E-state index contributed by atoms with van der Waals surface area (Å²) in [6.07, 6.45) is 0. The maximum absolute atomic E-state index is 13.2. The van der Waals surface area contributed by atoms with Gasteiger partial charge in [0.05, 0.1) is 0 Å². The van der Waals surface area contributed by atoms with E-state index in [2.05, 4.69) is 0 Å². The maximum Gasteiger partial charge on any atom is 0.165 e. The van der Waals surface area contributed by atoms with E-state index in [1.54, 1.807) is 30.1 Å². The molecule has 0 bridgehead atoms. The van der Waals surface area contributed by atoms with Gasteiger partial charge in [-0.1, -0.05) is 12.1 Å². The van der Waals surface area contributed by atoms with Crippen LogP contribution in [0.5, 0.6) is 5.75 Å². The Morgan fingerprint density at radius 3 is 2.56 bits per heavy atom. The zero-order chi connectivity index (χ0) is 13.1. The molecule has 0 aliphatic heterocycles. The minimum Gasteiger partial charge on any atom is -0.505 e. The monoisotopic (exact) mass is 249 g/mol. The summed E-state index contributed by atoms with van der Waals surface area (Å²) in [4.78, 5) is 1.80. The van der Waals surface area contributed by atoms with Crippen molar-refractivity contribution in [3.8, 4) is 5.75 Å². The Bertz CT molecular complexity index is 557. The highest BCUT2D eigenvalue weighted by Crippen LogP contribution is 2.20. The van der Waals surface area contributed by atoms with Gasteiger partial charge >= 0.3 is 0 Å². The van der Waals surface area contributed by atoms with Crippen molar-refractivity contribution in [3.05, 3.63) is 59.7 Å². The summed E-state index contributed by atoms with van der Waals surface area (Å²) < 4.78 is 26.2. The first-order valence-electron chi connectivity index (χ1n) is 5.50. The number of nitrogens with zero attached hydrogens (tertiary/aromatic N) is 1. The van der Waals surface area contributed by atoms with Gasteiger partial charge in [0, 0.05) is 19.3 Å². The first kappa shape index (κ1) is 12.4. The number of phenolic OH excluding ortho intramolecular Hbond substituents is 1. The van der Waals surface area contributed by atoms with Crippen molar-refractivity contribution in [1.82, 2.24) is 0 Å². The van der Waals surface area contributed by atoms with Crippen molar-refractivity contribution >= 4 is 5.69 Å². The van der Waals surface area contributed by atoms with E-state index in [0.717, 1.165) is 0 Å².